The van der Waals surface area contributed by atoms with Crippen LogP contribution < -0.4 is 0 Å². The highest BCUT2D eigenvalue weighted by Crippen LogP contribution is 2.25. The topological polar surface area (TPSA) is 83.8 Å². The zero-order valence-corrected chi connectivity index (χ0v) is 14.2. The molecule has 0 aliphatic carbocycles. The lowest BCUT2D eigenvalue weighted by Gasteiger charge is -2.36. The molecule has 25 heavy (non-hydrogen) atoms. The molecule has 1 aromatic rings. The molecule has 1 atom stereocenters. The number of hydrogen-bond donors (Lipinski definition) is 0. The predicted molar refractivity (Wildman–Crippen MR) is 92.2 cm³/mol. The fraction of sp³-hybridized carbons (Fsp3) is 0.556. The highest BCUT2D eigenvalue weighted by atomic mass is 16.6. The van der Waals surface area contributed by atoms with Gasteiger partial charge in [-0.25, -0.2) is 0 Å². The molecule has 2 aliphatic rings. The van der Waals surface area contributed by atoms with E-state index in [1.54, 1.807) is 17.0 Å². The van der Waals surface area contributed by atoms with Crippen molar-refractivity contribution in [3.8, 4) is 0 Å². The standard InChI is InChI=1S/C18H23N3O4/c22-17(19-10-4-1-5-11-19)14-7-6-12-20(13-14)18(23)15-8-2-3-9-16(15)21(24)25/h2-3,8-9,14H,1,4-7,10-13H2/t14-/m1/s1. The van der Waals surface area contributed by atoms with Gasteiger partial charge in [-0.15, -0.1) is 0 Å². The number of carbonyl (C=O) groups excluding carboxylic acids is 2. The van der Waals surface area contributed by atoms with Gasteiger partial charge in [-0.2, -0.15) is 0 Å². The van der Waals surface area contributed by atoms with Gasteiger partial charge in [0.15, 0.2) is 0 Å². The van der Waals surface area contributed by atoms with Gasteiger partial charge in [-0.1, -0.05) is 12.1 Å². The van der Waals surface area contributed by atoms with Crippen LogP contribution in [0.5, 0.6) is 0 Å². The number of likely N-dealkylation sites (tertiary alicyclic amines) is 2. The second-order valence-corrected chi connectivity index (χ2v) is 6.75. The number of nitro benzene ring substituents is 1. The Kier molecular flexibility index (Phi) is 5.31. The second-order valence-electron chi connectivity index (χ2n) is 6.75. The Balaban J connectivity index is 1.72. The van der Waals surface area contributed by atoms with Gasteiger partial charge in [0.25, 0.3) is 11.6 Å². The van der Waals surface area contributed by atoms with E-state index in [1.165, 1.54) is 12.1 Å². The Bertz CT molecular complexity index is 670. The number of benzene rings is 1. The SMILES string of the molecule is O=C(c1ccccc1[N+](=O)[O-])N1CCC[C@@H](C(=O)N2CCCCC2)C1. The van der Waals surface area contributed by atoms with Gasteiger partial charge in [0.05, 0.1) is 10.8 Å². The molecule has 0 saturated carbocycles. The number of nitrogens with zero attached hydrogens (tertiary/aromatic N) is 3. The van der Waals surface area contributed by atoms with E-state index in [0.717, 1.165) is 45.2 Å². The van der Waals surface area contributed by atoms with Crippen molar-refractivity contribution < 1.29 is 14.5 Å². The zero-order valence-electron chi connectivity index (χ0n) is 14.2. The van der Waals surface area contributed by atoms with Crippen LogP contribution in [-0.4, -0.2) is 52.7 Å². The number of para-hydroxylation sites is 1. The minimum atomic E-state index is -0.534. The molecular formula is C18H23N3O4. The van der Waals surface area contributed by atoms with Crippen LogP contribution in [0.1, 0.15) is 42.5 Å². The first kappa shape index (κ1) is 17.4. The first-order valence-corrected chi connectivity index (χ1v) is 8.89. The van der Waals surface area contributed by atoms with Crippen LogP contribution in [0.25, 0.3) is 0 Å². The lowest BCUT2D eigenvalue weighted by Crippen LogP contribution is -2.48. The monoisotopic (exact) mass is 345 g/mol. The lowest BCUT2D eigenvalue weighted by atomic mass is 9.95. The number of piperidine rings is 2. The highest BCUT2D eigenvalue weighted by molar-refractivity contribution is 5.98. The van der Waals surface area contributed by atoms with Crippen molar-refractivity contribution in [3.63, 3.8) is 0 Å². The van der Waals surface area contributed by atoms with Crippen molar-refractivity contribution in [2.75, 3.05) is 26.2 Å². The van der Waals surface area contributed by atoms with Crippen LogP contribution in [0.2, 0.25) is 0 Å². The summed E-state index contributed by atoms with van der Waals surface area (Å²) in [5, 5.41) is 11.2. The largest absolute Gasteiger partial charge is 0.342 e. The van der Waals surface area contributed by atoms with E-state index in [2.05, 4.69) is 0 Å². The van der Waals surface area contributed by atoms with Gasteiger partial charge in [0.1, 0.15) is 5.56 Å². The van der Waals surface area contributed by atoms with E-state index in [-0.39, 0.29) is 29.0 Å². The summed E-state index contributed by atoms with van der Waals surface area (Å²) < 4.78 is 0. The molecular weight excluding hydrogens is 322 g/mol. The third kappa shape index (κ3) is 3.81. The van der Waals surface area contributed by atoms with Crippen LogP contribution in [0, 0.1) is 16.0 Å². The Labute approximate surface area is 146 Å². The fourth-order valence-electron chi connectivity index (χ4n) is 3.72. The van der Waals surface area contributed by atoms with Crippen LogP contribution >= 0.6 is 0 Å². The average molecular weight is 345 g/mol. The first-order valence-electron chi connectivity index (χ1n) is 8.89. The molecule has 2 aliphatic heterocycles. The van der Waals surface area contributed by atoms with Crippen molar-refractivity contribution in [1.82, 2.24) is 9.80 Å². The molecule has 7 nitrogen and oxygen atoms in total. The van der Waals surface area contributed by atoms with E-state index in [1.807, 2.05) is 4.90 Å². The number of carbonyl (C=O) groups is 2. The summed E-state index contributed by atoms with van der Waals surface area (Å²) in [5.74, 6) is -0.429. The normalized spacial score (nSPS) is 21.0. The fourth-order valence-corrected chi connectivity index (χ4v) is 3.72. The summed E-state index contributed by atoms with van der Waals surface area (Å²) in [6.45, 7) is 2.48. The predicted octanol–water partition coefficient (Wildman–Crippen LogP) is 2.46. The van der Waals surface area contributed by atoms with E-state index < -0.39 is 4.92 Å². The van der Waals surface area contributed by atoms with E-state index in [0.29, 0.717) is 13.1 Å². The summed E-state index contributed by atoms with van der Waals surface area (Å²) in [6, 6.07) is 6.00. The Morgan fingerprint density at radius 2 is 1.68 bits per heavy atom. The Morgan fingerprint density at radius 1 is 1.00 bits per heavy atom. The second kappa shape index (κ2) is 7.63. The highest BCUT2D eigenvalue weighted by Gasteiger charge is 2.33. The van der Waals surface area contributed by atoms with Gasteiger partial charge in [0, 0.05) is 32.2 Å². The van der Waals surface area contributed by atoms with Crippen molar-refractivity contribution >= 4 is 17.5 Å². The summed E-state index contributed by atoms with van der Waals surface area (Å²) in [5.41, 5.74) is -0.0875. The minimum absolute atomic E-state index is 0.0959. The Morgan fingerprint density at radius 3 is 2.40 bits per heavy atom. The van der Waals surface area contributed by atoms with Crippen molar-refractivity contribution in [2.24, 2.45) is 5.92 Å². The number of nitro groups is 1. The van der Waals surface area contributed by atoms with Crippen LogP contribution in [0.4, 0.5) is 5.69 Å². The van der Waals surface area contributed by atoms with Crippen LogP contribution in [0.3, 0.4) is 0 Å². The number of hydrogen-bond acceptors (Lipinski definition) is 4. The number of rotatable bonds is 3. The van der Waals surface area contributed by atoms with Gasteiger partial charge in [-0.3, -0.25) is 19.7 Å². The summed E-state index contributed by atoms with van der Waals surface area (Å²) in [4.78, 5) is 39.6. The maximum atomic E-state index is 12.8. The van der Waals surface area contributed by atoms with E-state index >= 15 is 0 Å². The molecule has 0 spiro atoms. The molecule has 3 rings (SSSR count). The molecule has 2 heterocycles. The molecule has 0 radical (unpaired) electrons. The summed E-state index contributed by atoms with van der Waals surface area (Å²) in [6.07, 6.45) is 4.76. The molecule has 2 fully saturated rings. The molecule has 7 heteroatoms. The molecule has 134 valence electrons. The first-order chi connectivity index (χ1) is 12.1. The average Bonchev–Trinajstić information content (AvgIpc) is 2.67. The lowest BCUT2D eigenvalue weighted by molar-refractivity contribution is -0.385. The van der Waals surface area contributed by atoms with Crippen molar-refractivity contribution in [2.45, 2.75) is 32.1 Å². The zero-order chi connectivity index (χ0) is 17.8. The molecule has 0 aromatic heterocycles. The smallest absolute Gasteiger partial charge is 0.282 e. The van der Waals surface area contributed by atoms with Gasteiger partial charge in [0.2, 0.25) is 5.91 Å². The summed E-state index contributed by atoms with van der Waals surface area (Å²) >= 11 is 0. The van der Waals surface area contributed by atoms with Gasteiger partial charge >= 0.3 is 0 Å². The van der Waals surface area contributed by atoms with Crippen molar-refractivity contribution in [3.05, 3.63) is 39.9 Å². The molecule has 1 aromatic carbocycles. The Hall–Kier alpha value is -2.44. The van der Waals surface area contributed by atoms with Gasteiger partial charge < -0.3 is 9.80 Å². The molecule has 2 amide bonds. The summed E-state index contributed by atoms with van der Waals surface area (Å²) in [7, 11) is 0. The van der Waals surface area contributed by atoms with Gasteiger partial charge in [-0.05, 0) is 38.2 Å². The molecule has 0 bridgehead atoms. The minimum Gasteiger partial charge on any atom is -0.342 e. The maximum absolute atomic E-state index is 12.8. The maximum Gasteiger partial charge on any atom is 0.282 e. The third-order valence-corrected chi connectivity index (χ3v) is 5.06. The quantitative estimate of drug-likeness (QED) is 0.622. The van der Waals surface area contributed by atoms with E-state index in [9.17, 15) is 19.7 Å². The van der Waals surface area contributed by atoms with Crippen LogP contribution in [0.15, 0.2) is 24.3 Å². The number of amides is 2. The molecule has 2 saturated heterocycles. The third-order valence-electron chi connectivity index (χ3n) is 5.06. The van der Waals surface area contributed by atoms with Crippen molar-refractivity contribution in [1.29, 1.82) is 0 Å². The van der Waals surface area contributed by atoms with E-state index in [4.69, 9.17) is 0 Å². The van der Waals surface area contributed by atoms with Crippen LogP contribution in [-0.2, 0) is 4.79 Å². The molecule has 0 N–H and O–H groups in total. The molecule has 0 unspecified atom stereocenters.